The maximum atomic E-state index is 13.3. The summed E-state index contributed by atoms with van der Waals surface area (Å²) in [5, 5.41) is 14.6. The third-order valence-electron chi connectivity index (χ3n) is 4.60. The summed E-state index contributed by atoms with van der Waals surface area (Å²) < 4.78 is 13.3. The molecule has 1 aliphatic heterocycles. The zero-order chi connectivity index (χ0) is 16.6. The fraction of sp³-hybridized carbons (Fsp3) is 0.438. The van der Waals surface area contributed by atoms with E-state index >= 15 is 0 Å². The first-order chi connectivity index (χ1) is 10.9. The molecule has 2 aliphatic rings. The van der Waals surface area contributed by atoms with E-state index in [1.54, 1.807) is 0 Å². The second kappa shape index (κ2) is 5.64. The third kappa shape index (κ3) is 2.78. The van der Waals surface area contributed by atoms with Crippen LogP contribution in [0.2, 0.25) is 0 Å². The number of carboxylic acid groups (broad SMARTS) is 1. The van der Waals surface area contributed by atoms with Crippen LogP contribution in [-0.2, 0) is 14.4 Å². The highest BCUT2D eigenvalue weighted by Crippen LogP contribution is 2.35. The number of carboxylic acids is 1. The lowest BCUT2D eigenvalue weighted by atomic mass is 9.88. The number of hydrogen-bond donors (Lipinski definition) is 3. The first-order valence-electron chi connectivity index (χ1n) is 7.56. The topological polar surface area (TPSA) is 95.5 Å². The van der Waals surface area contributed by atoms with E-state index in [9.17, 15) is 23.9 Å². The number of hydrogen-bond acceptors (Lipinski definition) is 3. The van der Waals surface area contributed by atoms with E-state index in [1.807, 2.05) is 0 Å². The van der Waals surface area contributed by atoms with Gasteiger partial charge >= 0.3 is 5.97 Å². The lowest BCUT2D eigenvalue weighted by Crippen LogP contribution is -2.54. The number of aliphatic carboxylic acids is 1. The van der Waals surface area contributed by atoms with Crippen LogP contribution >= 0.6 is 0 Å². The predicted molar refractivity (Wildman–Crippen MR) is 79.4 cm³/mol. The van der Waals surface area contributed by atoms with Gasteiger partial charge < -0.3 is 15.7 Å². The quantitative estimate of drug-likeness (QED) is 0.791. The maximum Gasteiger partial charge on any atom is 0.329 e. The van der Waals surface area contributed by atoms with Crippen molar-refractivity contribution < 1.29 is 23.9 Å². The van der Waals surface area contributed by atoms with Crippen LogP contribution in [0.15, 0.2) is 18.2 Å². The number of nitrogens with one attached hydrogen (secondary N) is 2. The van der Waals surface area contributed by atoms with Crippen molar-refractivity contribution in [3.05, 3.63) is 29.6 Å². The zero-order valence-corrected chi connectivity index (χ0v) is 12.4. The van der Waals surface area contributed by atoms with Crippen LogP contribution in [-0.4, -0.2) is 28.4 Å². The Kier molecular flexibility index (Phi) is 3.79. The van der Waals surface area contributed by atoms with Gasteiger partial charge in [-0.15, -0.1) is 0 Å². The molecule has 3 rings (SSSR count). The number of carbonyl (C=O) groups is 3. The Labute approximate surface area is 132 Å². The summed E-state index contributed by atoms with van der Waals surface area (Å²) in [7, 11) is 0. The Morgan fingerprint density at radius 3 is 2.65 bits per heavy atom. The van der Waals surface area contributed by atoms with Crippen LogP contribution in [0.4, 0.5) is 10.1 Å². The minimum absolute atomic E-state index is 0.0832. The number of halogens is 1. The van der Waals surface area contributed by atoms with E-state index < -0.39 is 29.2 Å². The van der Waals surface area contributed by atoms with Gasteiger partial charge in [-0.25, -0.2) is 9.18 Å². The van der Waals surface area contributed by atoms with Crippen molar-refractivity contribution in [2.24, 2.45) is 0 Å². The van der Waals surface area contributed by atoms with Crippen molar-refractivity contribution in [2.45, 2.75) is 43.6 Å². The minimum atomic E-state index is -1.26. The molecule has 2 amide bonds. The van der Waals surface area contributed by atoms with E-state index in [2.05, 4.69) is 10.6 Å². The average molecular weight is 320 g/mol. The second-order valence-electron chi connectivity index (χ2n) is 6.12. The van der Waals surface area contributed by atoms with E-state index in [4.69, 9.17) is 0 Å². The molecule has 23 heavy (non-hydrogen) atoms. The molecule has 3 N–H and O–H groups in total. The SMILES string of the molecule is O=C1CC(C(=O)NC2(C(=O)O)CCCC2)c2ccc(F)cc2N1. The Morgan fingerprint density at radius 1 is 1.30 bits per heavy atom. The van der Waals surface area contributed by atoms with Gasteiger partial charge in [-0.2, -0.15) is 0 Å². The van der Waals surface area contributed by atoms with Crippen molar-refractivity contribution in [1.29, 1.82) is 0 Å². The van der Waals surface area contributed by atoms with E-state index in [-0.39, 0.29) is 18.0 Å². The van der Waals surface area contributed by atoms with Crippen LogP contribution in [0, 0.1) is 5.82 Å². The molecule has 0 radical (unpaired) electrons. The van der Waals surface area contributed by atoms with Crippen LogP contribution in [0.25, 0.3) is 0 Å². The van der Waals surface area contributed by atoms with Gasteiger partial charge in [0.2, 0.25) is 11.8 Å². The molecule has 1 fully saturated rings. The first-order valence-corrected chi connectivity index (χ1v) is 7.56. The van der Waals surface area contributed by atoms with Crippen molar-refractivity contribution in [2.75, 3.05) is 5.32 Å². The fourth-order valence-corrected chi connectivity index (χ4v) is 3.36. The van der Waals surface area contributed by atoms with Crippen LogP contribution in [0.5, 0.6) is 0 Å². The lowest BCUT2D eigenvalue weighted by Gasteiger charge is -2.30. The first kappa shape index (κ1) is 15.5. The van der Waals surface area contributed by atoms with Crippen molar-refractivity contribution >= 4 is 23.5 Å². The normalized spacial score (nSPS) is 22.1. The Hall–Kier alpha value is -2.44. The summed E-state index contributed by atoms with van der Waals surface area (Å²) in [6.07, 6.45) is 2.14. The predicted octanol–water partition coefficient (Wildman–Crippen LogP) is 1.77. The second-order valence-corrected chi connectivity index (χ2v) is 6.12. The summed E-state index contributed by atoms with van der Waals surface area (Å²) in [5.74, 6) is -3.27. The van der Waals surface area contributed by atoms with E-state index in [0.717, 1.165) is 18.9 Å². The number of amides is 2. The smallest absolute Gasteiger partial charge is 0.329 e. The largest absolute Gasteiger partial charge is 0.480 e. The van der Waals surface area contributed by atoms with Gasteiger partial charge in [0, 0.05) is 12.1 Å². The molecule has 7 heteroatoms. The number of fused-ring (bicyclic) bond motifs is 1. The summed E-state index contributed by atoms with van der Waals surface area (Å²) in [6, 6.07) is 3.84. The van der Waals surface area contributed by atoms with Gasteiger partial charge in [-0.1, -0.05) is 18.9 Å². The standard InChI is InChI=1S/C16H17FN2O4/c17-9-3-4-10-11(8-13(20)18-12(10)7-9)14(21)19-16(15(22)23)5-1-2-6-16/h3-4,7,11H,1-2,5-6,8H2,(H,18,20)(H,19,21)(H,22,23). The molecule has 1 heterocycles. The molecule has 1 aliphatic carbocycles. The molecule has 6 nitrogen and oxygen atoms in total. The molecule has 1 saturated carbocycles. The van der Waals surface area contributed by atoms with Gasteiger partial charge in [0.1, 0.15) is 11.4 Å². The van der Waals surface area contributed by atoms with Gasteiger partial charge in [-0.3, -0.25) is 9.59 Å². The maximum absolute atomic E-state index is 13.3. The molecule has 0 spiro atoms. The zero-order valence-electron chi connectivity index (χ0n) is 12.4. The molecule has 0 saturated heterocycles. The summed E-state index contributed by atoms with van der Waals surface area (Å²) in [4.78, 5) is 35.9. The molecule has 1 aromatic carbocycles. The number of benzene rings is 1. The molecule has 1 unspecified atom stereocenters. The van der Waals surface area contributed by atoms with E-state index in [0.29, 0.717) is 18.4 Å². The summed E-state index contributed by atoms with van der Waals surface area (Å²) in [5.41, 5.74) is -0.496. The molecule has 1 aromatic rings. The van der Waals surface area contributed by atoms with Crippen LogP contribution in [0.1, 0.15) is 43.6 Å². The van der Waals surface area contributed by atoms with Gasteiger partial charge in [0.05, 0.1) is 5.92 Å². The van der Waals surface area contributed by atoms with Gasteiger partial charge in [-0.05, 0) is 30.5 Å². The molecule has 122 valence electrons. The highest BCUT2D eigenvalue weighted by atomic mass is 19.1. The Morgan fingerprint density at radius 2 is 2.00 bits per heavy atom. The number of anilines is 1. The van der Waals surface area contributed by atoms with Crippen molar-refractivity contribution in [3.63, 3.8) is 0 Å². The van der Waals surface area contributed by atoms with E-state index in [1.165, 1.54) is 12.1 Å². The van der Waals surface area contributed by atoms with Crippen molar-refractivity contribution in [1.82, 2.24) is 5.32 Å². The highest BCUT2D eigenvalue weighted by molar-refractivity contribution is 6.02. The molecular weight excluding hydrogens is 303 g/mol. The number of rotatable bonds is 3. The Balaban J connectivity index is 1.88. The van der Waals surface area contributed by atoms with Gasteiger partial charge in [0.25, 0.3) is 0 Å². The van der Waals surface area contributed by atoms with Crippen LogP contribution < -0.4 is 10.6 Å². The van der Waals surface area contributed by atoms with Crippen LogP contribution in [0.3, 0.4) is 0 Å². The summed E-state index contributed by atoms with van der Waals surface area (Å²) >= 11 is 0. The highest BCUT2D eigenvalue weighted by Gasteiger charge is 2.44. The van der Waals surface area contributed by atoms with Crippen molar-refractivity contribution in [3.8, 4) is 0 Å². The monoisotopic (exact) mass is 320 g/mol. The minimum Gasteiger partial charge on any atom is -0.480 e. The lowest BCUT2D eigenvalue weighted by molar-refractivity contribution is -0.147. The average Bonchev–Trinajstić information content (AvgIpc) is 2.95. The third-order valence-corrected chi connectivity index (χ3v) is 4.60. The number of carbonyl (C=O) groups excluding carboxylic acids is 2. The Bertz CT molecular complexity index is 683. The van der Waals surface area contributed by atoms with Gasteiger partial charge in [0.15, 0.2) is 0 Å². The molecular formula is C16H17FN2O4. The summed E-state index contributed by atoms with van der Waals surface area (Å²) in [6.45, 7) is 0. The molecule has 1 atom stereocenters. The fourth-order valence-electron chi connectivity index (χ4n) is 3.36. The molecule has 0 bridgehead atoms. The molecule has 0 aromatic heterocycles.